The lowest BCUT2D eigenvalue weighted by atomic mass is 9.87. The Bertz CT molecular complexity index is 993. The van der Waals surface area contributed by atoms with E-state index in [0.717, 1.165) is 28.6 Å². The molecule has 0 radical (unpaired) electrons. The fraction of sp³-hybridized carbons (Fsp3) is 0.227. The topological polar surface area (TPSA) is 91.2 Å². The number of aryl methyl sites for hydroxylation is 1. The fourth-order valence-corrected chi connectivity index (χ4v) is 3.97. The molecule has 2 aromatic carbocycles. The van der Waals surface area contributed by atoms with Gasteiger partial charge in [0.2, 0.25) is 11.8 Å². The molecule has 1 atom stereocenters. The standard InChI is InChI=1S/C22H21N3O3S/c1-14-5-3-4-6-19(14)24-21(27)13-29-22-18(12-23)17(11-20(26)25-22)15-7-9-16(28-2)10-8-15/h3-10,17H,11,13H2,1-2H3,(H,24,27)(H,25,26)/t17-/m0/s1. The van der Waals surface area contributed by atoms with Crippen LogP contribution < -0.4 is 15.4 Å². The zero-order valence-electron chi connectivity index (χ0n) is 16.2. The van der Waals surface area contributed by atoms with Crippen LogP contribution in [0.3, 0.4) is 0 Å². The first-order valence-electron chi connectivity index (χ1n) is 9.08. The number of methoxy groups -OCH3 is 1. The monoisotopic (exact) mass is 407 g/mol. The minimum Gasteiger partial charge on any atom is -0.497 e. The number of carbonyl (C=O) groups is 2. The van der Waals surface area contributed by atoms with Crippen LogP contribution in [0, 0.1) is 18.3 Å². The van der Waals surface area contributed by atoms with Gasteiger partial charge in [0.05, 0.1) is 29.5 Å². The number of anilines is 1. The third-order valence-corrected chi connectivity index (χ3v) is 5.66. The SMILES string of the molecule is COc1ccc([C@@H]2CC(=O)NC(SCC(=O)Nc3ccccc3C)=C2C#N)cc1. The van der Waals surface area contributed by atoms with Gasteiger partial charge in [0.1, 0.15) is 5.75 Å². The third kappa shape index (κ3) is 4.98. The zero-order chi connectivity index (χ0) is 20.8. The molecule has 2 aromatic rings. The number of hydrogen-bond acceptors (Lipinski definition) is 5. The van der Waals surface area contributed by atoms with Crippen molar-refractivity contribution in [1.29, 1.82) is 5.26 Å². The van der Waals surface area contributed by atoms with Crippen LogP contribution in [-0.2, 0) is 9.59 Å². The maximum Gasteiger partial charge on any atom is 0.234 e. The minimum absolute atomic E-state index is 0.0878. The highest BCUT2D eigenvalue weighted by atomic mass is 32.2. The maximum atomic E-state index is 12.3. The van der Waals surface area contributed by atoms with Crippen molar-refractivity contribution in [3.8, 4) is 11.8 Å². The van der Waals surface area contributed by atoms with Crippen LogP contribution >= 0.6 is 11.8 Å². The summed E-state index contributed by atoms with van der Waals surface area (Å²) in [5.41, 5.74) is 3.04. The summed E-state index contributed by atoms with van der Waals surface area (Å²) >= 11 is 1.16. The van der Waals surface area contributed by atoms with Gasteiger partial charge in [0.15, 0.2) is 0 Å². The van der Waals surface area contributed by atoms with Crippen molar-refractivity contribution in [3.63, 3.8) is 0 Å². The second kappa shape index (κ2) is 9.30. The highest BCUT2D eigenvalue weighted by Gasteiger charge is 2.29. The molecule has 7 heteroatoms. The summed E-state index contributed by atoms with van der Waals surface area (Å²) in [5.74, 6) is 0.0758. The number of carbonyl (C=O) groups excluding carboxylic acids is 2. The first-order chi connectivity index (χ1) is 14.0. The molecule has 0 unspecified atom stereocenters. The molecule has 6 nitrogen and oxygen atoms in total. The third-order valence-electron chi connectivity index (χ3n) is 4.64. The van der Waals surface area contributed by atoms with E-state index in [1.165, 1.54) is 0 Å². The van der Waals surface area contributed by atoms with Crippen LogP contribution in [0.25, 0.3) is 0 Å². The number of benzene rings is 2. The molecule has 1 heterocycles. The molecular formula is C22H21N3O3S. The number of nitriles is 1. The van der Waals surface area contributed by atoms with Crippen LogP contribution in [0.5, 0.6) is 5.75 Å². The molecule has 0 fully saturated rings. The summed E-state index contributed by atoms with van der Waals surface area (Å²) in [6.45, 7) is 1.92. The minimum atomic E-state index is -0.346. The Morgan fingerprint density at radius 1 is 1.28 bits per heavy atom. The van der Waals surface area contributed by atoms with Crippen molar-refractivity contribution in [2.75, 3.05) is 18.2 Å². The summed E-state index contributed by atoms with van der Waals surface area (Å²) in [6, 6.07) is 17.0. The van der Waals surface area contributed by atoms with E-state index < -0.39 is 0 Å². The van der Waals surface area contributed by atoms with Crippen molar-refractivity contribution < 1.29 is 14.3 Å². The van der Waals surface area contributed by atoms with E-state index in [0.29, 0.717) is 16.4 Å². The number of para-hydroxylation sites is 1. The molecule has 148 valence electrons. The van der Waals surface area contributed by atoms with Gasteiger partial charge in [-0.2, -0.15) is 5.26 Å². The predicted molar refractivity (Wildman–Crippen MR) is 113 cm³/mol. The average Bonchev–Trinajstić information content (AvgIpc) is 2.73. The van der Waals surface area contributed by atoms with Gasteiger partial charge in [-0.15, -0.1) is 0 Å². The number of allylic oxidation sites excluding steroid dienone is 1. The molecule has 0 spiro atoms. The molecule has 0 aromatic heterocycles. The van der Waals surface area contributed by atoms with Gasteiger partial charge >= 0.3 is 0 Å². The molecule has 29 heavy (non-hydrogen) atoms. The van der Waals surface area contributed by atoms with E-state index >= 15 is 0 Å². The summed E-state index contributed by atoms with van der Waals surface area (Å²) in [7, 11) is 1.58. The van der Waals surface area contributed by atoms with Crippen LogP contribution in [0.1, 0.15) is 23.5 Å². The lowest BCUT2D eigenvalue weighted by Crippen LogP contribution is -2.31. The van der Waals surface area contributed by atoms with Crippen molar-refractivity contribution >= 4 is 29.3 Å². The summed E-state index contributed by atoms with van der Waals surface area (Å²) in [5, 5.41) is 15.8. The highest BCUT2D eigenvalue weighted by Crippen LogP contribution is 2.36. The smallest absolute Gasteiger partial charge is 0.234 e. The highest BCUT2D eigenvalue weighted by molar-refractivity contribution is 8.03. The molecule has 2 amide bonds. The van der Waals surface area contributed by atoms with Crippen molar-refractivity contribution in [3.05, 3.63) is 70.3 Å². The summed E-state index contributed by atoms with van der Waals surface area (Å²) < 4.78 is 5.17. The molecule has 1 aliphatic rings. The van der Waals surface area contributed by atoms with Crippen molar-refractivity contribution in [2.24, 2.45) is 0 Å². The quantitative estimate of drug-likeness (QED) is 0.762. The Morgan fingerprint density at radius 2 is 2.00 bits per heavy atom. The van der Waals surface area contributed by atoms with Gasteiger partial charge in [0.25, 0.3) is 0 Å². The number of amides is 2. The van der Waals surface area contributed by atoms with E-state index in [4.69, 9.17) is 4.74 Å². The first kappa shape index (κ1) is 20.5. The Morgan fingerprint density at radius 3 is 2.66 bits per heavy atom. The van der Waals surface area contributed by atoms with E-state index in [9.17, 15) is 14.9 Å². The lowest BCUT2D eigenvalue weighted by Gasteiger charge is -2.25. The lowest BCUT2D eigenvalue weighted by molar-refractivity contribution is -0.121. The van der Waals surface area contributed by atoms with Crippen molar-refractivity contribution in [2.45, 2.75) is 19.3 Å². The van der Waals surface area contributed by atoms with Crippen LogP contribution in [0.2, 0.25) is 0 Å². The second-order valence-electron chi connectivity index (χ2n) is 6.58. The Balaban J connectivity index is 1.75. The van der Waals surface area contributed by atoms with Crippen LogP contribution in [0.4, 0.5) is 5.69 Å². The second-order valence-corrected chi connectivity index (χ2v) is 7.57. The fourth-order valence-electron chi connectivity index (χ4n) is 3.09. The predicted octanol–water partition coefficient (Wildman–Crippen LogP) is 3.71. The Kier molecular flexibility index (Phi) is 6.57. The van der Waals surface area contributed by atoms with Crippen molar-refractivity contribution in [1.82, 2.24) is 5.32 Å². The van der Waals surface area contributed by atoms with E-state index in [2.05, 4.69) is 16.7 Å². The normalized spacial score (nSPS) is 16.0. The molecule has 0 aliphatic carbocycles. The number of nitrogens with zero attached hydrogens (tertiary/aromatic N) is 1. The largest absolute Gasteiger partial charge is 0.497 e. The Labute approximate surface area is 173 Å². The maximum absolute atomic E-state index is 12.3. The van der Waals surface area contributed by atoms with Gasteiger partial charge in [0, 0.05) is 18.0 Å². The van der Waals surface area contributed by atoms with Gasteiger partial charge in [-0.25, -0.2) is 0 Å². The summed E-state index contributed by atoms with van der Waals surface area (Å²) in [6.07, 6.45) is 0.189. The van der Waals surface area contributed by atoms with Gasteiger partial charge < -0.3 is 15.4 Å². The molecule has 3 rings (SSSR count). The molecule has 0 saturated carbocycles. The van der Waals surface area contributed by atoms with Gasteiger partial charge in [-0.3, -0.25) is 9.59 Å². The Hall–Kier alpha value is -3.24. The molecule has 1 aliphatic heterocycles. The number of ether oxygens (including phenoxy) is 1. The van der Waals surface area contributed by atoms with Gasteiger partial charge in [-0.1, -0.05) is 42.1 Å². The number of nitrogens with one attached hydrogen (secondary N) is 2. The summed E-state index contributed by atoms with van der Waals surface area (Å²) in [4.78, 5) is 24.6. The van der Waals surface area contributed by atoms with E-state index in [1.54, 1.807) is 19.2 Å². The molecule has 0 bridgehead atoms. The van der Waals surface area contributed by atoms with Gasteiger partial charge in [-0.05, 0) is 36.2 Å². The number of hydrogen-bond donors (Lipinski definition) is 2. The van der Waals surface area contributed by atoms with Crippen LogP contribution in [0.15, 0.2) is 59.1 Å². The van der Waals surface area contributed by atoms with E-state index in [1.807, 2.05) is 43.3 Å². The molecule has 0 saturated heterocycles. The molecule has 2 N–H and O–H groups in total. The van der Waals surface area contributed by atoms with E-state index in [-0.39, 0.29) is 29.9 Å². The average molecular weight is 407 g/mol. The molecular weight excluding hydrogens is 386 g/mol. The first-order valence-corrected chi connectivity index (χ1v) is 10.1. The van der Waals surface area contributed by atoms with Crippen LogP contribution in [-0.4, -0.2) is 24.7 Å². The number of rotatable bonds is 6. The number of thioether (sulfide) groups is 1. The zero-order valence-corrected chi connectivity index (χ0v) is 17.0.